The molecular weight excluding hydrogens is 424 g/mol. The molecule has 6 N–H and O–H groups in total. The van der Waals surface area contributed by atoms with Crippen molar-refractivity contribution in [3.8, 4) is 28.7 Å². The van der Waals surface area contributed by atoms with Crippen LogP contribution in [0.15, 0.2) is 36.1 Å². The molecule has 6 atom stereocenters. The fraction of sp³-hybridized carbons (Fsp3) is 0.364. The molecule has 0 bridgehead atoms. The van der Waals surface area contributed by atoms with E-state index in [1.807, 2.05) is 0 Å². The Kier molecular flexibility index (Phi) is 5.78. The van der Waals surface area contributed by atoms with Gasteiger partial charge in [0.2, 0.25) is 6.29 Å². The zero-order valence-electron chi connectivity index (χ0n) is 17.2. The molecule has 2 aromatic rings. The van der Waals surface area contributed by atoms with Gasteiger partial charge in [-0.15, -0.1) is 0 Å². The topological polar surface area (TPSA) is 158 Å². The minimum absolute atomic E-state index is 0.0915. The molecule has 1 saturated heterocycles. The van der Waals surface area contributed by atoms with Gasteiger partial charge in [0.05, 0.1) is 18.8 Å². The quantitative estimate of drug-likeness (QED) is 0.400. The van der Waals surface area contributed by atoms with Crippen molar-refractivity contribution in [2.75, 3.05) is 7.11 Å². The van der Waals surface area contributed by atoms with Gasteiger partial charge in [0.25, 0.3) is 0 Å². The summed E-state index contributed by atoms with van der Waals surface area (Å²) in [5.41, 5.74) is 0.706. The largest absolute Gasteiger partial charge is 0.508 e. The van der Waals surface area contributed by atoms with Crippen LogP contribution >= 0.6 is 0 Å². The fourth-order valence-corrected chi connectivity index (χ4v) is 3.67. The van der Waals surface area contributed by atoms with E-state index in [1.54, 1.807) is 6.07 Å². The highest BCUT2D eigenvalue weighted by Crippen LogP contribution is 2.45. The molecule has 10 heteroatoms. The number of aliphatic hydroxyl groups is 3. The second kappa shape index (κ2) is 8.40. The van der Waals surface area contributed by atoms with Crippen molar-refractivity contribution in [3.05, 3.63) is 47.2 Å². The van der Waals surface area contributed by atoms with Crippen molar-refractivity contribution < 1.29 is 49.6 Å². The van der Waals surface area contributed by atoms with E-state index in [-0.39, 0.29) is 40.1 Å². The molecule has 2 heterocycles. The first kappa shape index (κ1) is 22.0. The Morgan fingerprint density at radius 3 is 2.38 bits per heavy atom. The summed E-state index contributed by atoms with van der Waals surface area (Å²) < 4.78 is 22.5. The van der Waals surface area contributed by atoms with Crippen LogP contribution in [0.5, 0.6) is 28.7 Å². The predicted octanol–water partition coefficient (Wildman–Crippen LogP) is 1.13. The highest BCUT2D eigenvalue weighted by atomic mass is 16.7. The first-order chi connectivity index (χ1) is 15.2. The minimum atomic E-state index is -1.56. The van der Waals surface area contributed by atoms with Crippen LogP contribution in [0.3, 0.4) is 0 Å². The van der Waals surface area contributed by atoms with E-state index < -0.39 is 36.8 Å². The van der Waals surface area contributed by atoms with E-state index in [1.165, 1.54) is 38.3 Å². The Hall–Kier alpha value is -3.18. The minimum Gasteiger partial charge on any atom is -0.508 e. The smallest absolute Gasteiger partial charge is 0.228 e. The average Bonchev–Trinajstić information content (AvgIpc) is 2.76. The summed E-state index contributed by atoms with van der Waals surface area (Å²) >= 11 is 0. The standard InChI is InChI=1S/C22H24O10/c1-9-18(26)19(27)20(28)22(30-9)32-17-8-12-14(25)6-11(23)7-15(12)31-21(17)10-3-4-13(24)16(5-10)29-2/h3-9,18-28H,1-2H3. The van der Waals surface area contributed by atoms with Crippen molar-refractivity contribution in [3.63, 3.8) is 0 Å². The molecule has 10 nitrogen and oxygen atoms in total. The van der Waals surface area contributed by atoms with Crippen LogP contribution in [0.1, 0.15) is 24.2 Å². The summed E-state index contributed by atoms with van der Waals surface area (Å²) in [5, 5.41) is 60.4. The van der Waals surface area contributed by atoms with Crippen LogP contribution in [0, 0.1) is 0 Å². The second-order valence-corrected chi connectivity index (χ2v) is 7.65. The normalized spacial score (nSPS) is 29.5. The number of benzene rings is 2. The number of hydrogen-bond acceptors (Lipinski definition) is 10. The number of phenols is 3. The maximum Gasteiger partial charge on any atom is 0.228 e. The van der Waals surface area contributed by atoms with E-state index in [9.17, 15) is 30.6 Å². The maximum atomic E-state index is 10.4. The van der Waals surface area contributed by atoms with Crippen LogP contribution < -0.4 is 9.47 Å². The number of phenolic OH excluding ortho intramolecular Hbond substituents is 3. The van der Waals surface area contributed by atoms with Gasteiger partial charge in [-0.05, 0) is 25.1 Å². The molecule has 0 spiro atoms. The maximum absolute atomic E-state index is 10.4. The van der Waals surface area contributed by atoms with Crippen molar-refractivity contribution in [2.24, 2.45) is 0 Å². The molecule has 2 aliphatic heterocycles. The number of methoxy groups -OCH3 is 1. The molecule has 0 amide bonds. The van der Waals surface area contributed by atoms with Crippen LogP contribution in [0.2, 0.25) is 0 Å². The van der Waals surface area contributed by atoms with Crippen molar-refractivity contribution in [1.82, 2.24) is 0 Å². The Morgan fingerprint density at radius 2 is 1.66 bits per heavy atom. The molecule has 172 valence electrons. The van der Waals surface area contributed by atoms with E-state index in [0.29, 0.717) is 5.56 Å². The second-order valence-electron chi connectivity index (χ2n) is 7.65. The number of aromatic hydroxyl groups is 3. The predicted molar refractivity (Wildman–Crippen MR) is 109 cm³/mol. The lowest BCUT2D eigenvalue weighted by molar-refractivity contribution is -0.285. The van der Waals surface area contributed by atoms with Crippen molar-refractivity contribution >= 4 is 6.08 Å². The Morgan fingerprint density at radius 1 is 0.906 bits per heavy atom. The molecule has 1 fully saturated rings. The van der Waals surface area contributed by atoms with E-state index in [0.717, 1.165) is 6.07 Å². The Bertz CT molecular complexity index is 1040. The van der Waals surface area contributed by atoms with Crippen LogP contribution in [-0.4, -0.2) is 68.5 Å². The van der Waals surface area contributed by atoms with Gasteiger partial charge >= 0.3 is 0 Å². The first-order valence-electron chi connectivity index (χ1n) is 9.87. The zero-order chi connectivity index (χ0) is 23.2. The van der Waals surface area contributed by atoms with Crippen LogP contribution in [0.4, 0.5) is 0 Å². The Labute approximate surface area is 183 Å². The monoisotopic (exact) mass is 448 g/mol. The number of fused-ring (bicyclic) bond motifs is 1. The van der Waals surface area contributed by atoms with Gasteiger partial charge in [-0.2, -0.15) is 0 Å². The average molecular weight is 448 g/mol. The molecular formula is C22H24O10. The van der Waals surface area contributed by atoms with E-state index in [2.05, 4.69) is 0 Å². The van der Waals surface area contributed by atoms with Crippen LogP contribution in [-0.2, 0) is 9.47 Å². The third kappa shape index (κ3) is 3.89. The molecule has 4 rings (SSSR count). The number of rotatable bonds is 4. The van der Waals surface area contributed by atoms with E-state index in [4.69, 9.17) is 18.9 Å². The summed E-state index contributed by atoms with van der Waals surface area (Å²) in [6, 6.07) is 6.94. The Balaban J connectivity index is 1.75. The summed E-state index contributed by atoms with van der Waals surface area (Å²) in [7, 11) is 1.39. The molecule has 32 heavy (non-hydrogen) atoms. The van der Waals surface area contributed by atoms with Gasteiger partial charge < -0.3 is 49.6 Å². The van der Waals surface area contributed by atoms with Crippen molar-refractivity contribution in [1.29, 1.82) is 0 Å². The van der Waals surface area contributed by atoms with Gasteiger partial charge in [-0.3, -0.25) is 0 Å². The number of aliphatic hydroxyl groups excluding tert-OH is 3. The van der Waals surface area contributed by atoms with Gasteiger partial charge in [-0.1, -0.05) is 6.07 Å². The van der Waals surface area contributed by atoms with Crippen LogP contribution in [0.25, 0.3) is 6.08 Å². The van der Waals surface area contributed by atoms with Gasteiger partial charge in [0, 0.05) is 17.7 Å². The highest BCUT2D eigenvalue weighted by molar-refractivity contribution is 5.69. The molecule has 6 unspecified atom stereocenters. The van der Waals surface area contributed by atoms with Gasteiger partial charge in [0.15, 0.2) is 17.6 Å². The summed E-state index contributed by atoms with van der Waals surface area (Å²) in [6.07, 6.45) is -6.03. The number of hydrogen-bond donors (Lipinski definition) is 6. The SMILES string of the molecule is COc1cc(C2Oc3cc(O)cc(O)c3C=C2OC2OC(C)C(O)C(O)C2O)ccc1O. The number of ether oxygens (including phenoxy) is 4. The summed E-state index contributed by atoms with van der Waals surface area (Å²) in [6.45, 7) is 1.52. The summed E-state index contributed by atoms with van der Waals surface area (Å²) in [5.74, 6) is -0.121. The van der Waals surface area contributed by atoms with Crippen molar-refractivity contribution in [2.45, 2.75) is 43.7 Å². The van der Waals surface area contributed by atoms with E-state index >= 15 is 0 Å². The summed E-state index contributed by atoms with van der Waals surface area (Å²) in [4.78, 5) is 0. The molecule has 0 radical (unpaired) electrons. The molecule has 2 aromatic carbocycles. The van der Waals surface area contributed by atoms with Gasteiger partial charge in [0.1, 0.15) is 41.3 Å². The molecule has 0 saturated carbocycles. The fourth-order valence-electron chi connectivity index (χ4n) is 3.67. The van der Waals surface area contributed by atoms with Gasteiger partial charge in [-0.25, -0.2) is 0 Å². The first-order valence-corrected chi connectivity index (χ1v) is 9.87. The highest BCUT2D eigenvalue weighted by Gasteiger charge is 2.44. The lowest BCUT2D eigenvalue weighted by Gasteiger charge is -2.40. The molecule has 2 aliphatic rings. The lowest BCUT2D eigenvalue weighted by atomic mass is 9.99. The molecule has 0 aliphatic carbocycles. The zero-order valence-corrected chi connectivity index (χ0v) is 17.2. The molecule has 0 aromatic heterocycles. The lowest BCUT2D eigenvalue weighted by Crippen LogP contribution is -2.57. The third-order valence-electron chi connectivity index (χ3n) is 5.46. The third-order valence-corrected chi connectivity index (χ3v) is 5.46.